The highest BCUT2D eigenvalue weighted by atomic mass is 35.5. The lowest BCUT2D eigenvalue weighted by Gasteiger charge is -2.11. The van der Waals surface area contributed by atoms with Crippen molar-refractivity contribution in [3.8, 4) is 0 Å². The van der Waals surface area contributed by atoms with Crippen LogP contribution in [-0.4, -0.2) is 15.0 Å². The number of rotatable bonds is 5. The van der Waals surface area contributed by atoms with Gasteiger partial charge in [-0.05, 0) is 30.7 Å². The van der Waals surface area contributed by atoms with Crippen LogP contribution in [0.1, 0.15) is 11.3 Å². The minimum absolute atomic E-state index is 0.439. The Bertz CT molecular complexity index is 840. The molecule has 5 nitrogen and oxygen atoms in total. The standard InChI is InChI=1S/C17H15Cl2N5/c1-11-8-15(21-10-12-4-3-7-20-9-12)24-17(22-11)23-14-6-2-5-13(18)16(14)19/h2-9H,10H2,1H3,(H2,21,22,23,24). The first-order valence-electron chi connectivity index (χ1n) is 7.31. The van der Waals surface area contributed by atoms with Gasteiger partial charge < -0.3 is 10.6 Å². The molecule has 0 fully saturated rings. The van der Waals surface area contributed by atoms with E-state index in [2.05, 4.69) is 25.6 Å². The maximum Gasteiger partial charge on any atom is 0.229 e. The summed E-state index contributed by atoms with van der Waals surface area (Å²) in [6, 6.07) is 11.1. The second-order valence-electron chi connectivity index (χ2n) is 5.16. The highest BCUT2D eigenvalue weighted by molar-refractivity contribution is 6.43. The topological polar surface area (TPSA) is 62.7 Å². The lowest BCUT2D eigenvalue weighted by molar-refractivity contribution is 1.05. The van der Waals surface area contributed by atoms with Crippen LogP contribution in [0, 0.1) is 6.92 Å². The number of hydrogen-bond acceptors (Lipinski definition) is 5. The van der Waals surface area contributed by atoms with E-state index in [0.29, 0.717) is 34.0 Å². The van der Waals surface area contributed by atoms with E-state index in [1.54, 1.807) is 12.3 Å². The summed E-state index contributed by atoms with van der Waals surface area (Å²) in [6.45, 7) is 2.53. The zero-order chi connectivity index (χ0) is 16.9. The molecule has 0 amide bonds. The Balaban J connectivity index is 1.77. The van der Waals surface area contributed by atoms with Crippen molar-refractivity contribution in [1.82, 2.24) is 15.0 Å². The van der Waals surface area contributed by atoms with Crippen LogP contribution in [0.25, 0.3) is 0 Å². The van der Waals surface area contributed by atoms with Gasteiger partial charge in [0.15, 0.2) is 0 Å². The number of pyridine rings is 1. The van der Waals surface area contributed by atoms with E-state index >= 15 is 0 Å². The van der Waals surface area contributed by atoms with Gasteiger partial charge in [-0.15, -0.1) is 0 Å². The van der Waals surface area contributed by atoms with Crippen LogP contribution in [0.15, 0.2) is 48.8 Å². The maximum absolute atomic E-state index is 6.19. The molecule has 24 heavy (non-hydrogen) atoms. The van der Waals surface area contributed by atoms with Crippen molar-refractivity contribution < 1.29 is 0 Å². The van der Waals surface area contributed by atoms with Gasteiger partial charge in [-0.2, -0.15) is 4.98 Å². The quantitative estimate of drug-likeness (QED) is 0.682. The molecule has 0 saturated carbocycles. The van der Waals surface area contributed by atoms with Gasteiger partial charge >= 0.3 is 0 Å². The van der Waals surface area contributed by atoms with Gasteiger partial charge in [0.25, 0.3) is 0 Å². The number of hydrogen-bond donors (Lipinski definition) is 2. The van der Waals surface area contributed by atoms with Crippen LogP contribution in [0.5, 0.6) is 0 Å². The first kappa shape index (κ1) is 16.5. The minimum Gasteiger partial charge on any atom is -0.366 e. The zero-order valence-corrected chi connectivity index (χ0v) is 14.4. The van der Waals surface area contributed by atoms with Gasteiger partial charge in [0.2, 0.25) is 5.95 Å². The Hall–Kier alpha value is -2.37. The van der Waals surface area contributed by atoms with Crippen molar-refractivity contribution in [3.05, 3.63) is 70.1 Å². The van der Waals surface area contributed by atoms with Crippen LogP contribution >= 0.6 is 23.2 Å². The molecule has 7 heteroatoms. The van der Waals surface area contributed by atoms with Gasteiger partial charge in [0.1, 0.15) is 5.82 Å². The van der Waals surface area contributed by atoms with E-state index in [9.17, 15) is 0 Å². The molecule has 2 aromatic heterocycles. The molecule has 0 aliphatic carbocycles. The number of nitrogens with zero attached hydrogens (tertiary/aromatic N) is 3. The summed E-state index contributed by atoms with van der Waals surface area (Å²) in [6.07, 6.45) is 3.56. The van der Waals surface area contributed by atoms with Crippen molar-refractivity contribution in [2.24, 2.45) is 0 Å². The van der Waals surface area contributed by atoms with Gasteiger partial charge in [-0.1, -0.05) is 35.3 Å². The Morgan fingerprint density at radius 3 is 2.75 bits per heavy atom. The van der Waals surface area contributed by atoms with Gasteiger partial charge in [0, 0.05) is 30.7 Å². The third-order valence-electron chi connectivity index (χ3n) is 3.25. The van der Waals surface area contributed by atoms with E-state index in [1.807, 2.05) is 43.5 Å². The first-order chi connectivity index (χ1) is 11.6. The lowest BCUT2D eigenvalue weighted by Crippen LogP contribution is -2.06. The molecular weight excluding hydrogens is 345 g/mol. The van der Waals surface area contributed by atoms with Crippen molar-refractivity contribution in [2.75, 3.05) is 10.6 Å². The number of halogens is 2. The molecule has 1 aromatic carbocycles. The van der Waals surface area contributed by atoms with Crippen LogP contribution < -0.4 is 10.6 Å². The molecule has 0 saturated heterocycles. The SMILES string of the molecule is Cc1cc(NCc2cccnc2)nc(Nc2cccc(Cl)c2Cl)n1. The Kier molecular flexibility index (Phi) is 5.13. The first-order valence-corrected chi connectivity index (χ1v) is 8.07. The summed E-state index contributed by atoms with van der Waals surface area (Å²) < 4.78 is 0. The predicted molar refractivity (Wildman–Crippen MR) is 98.1 cm³/mol. The van der Waals surface area contributed by atoms with Crippen LogP contribution in [0.3, 0.4) is 0 Å². The molecule has 3 rings (SSSR count). The molecule has 122 valence electrons. The van der Waals surface area contributed by atoms with E-state index in [-0.39, 0.29) is 0 Å². The molecule has 0 unspecified atom stereocenters. The second kappa shape index (κ2) is 7.47. The Labute approximate surface area is 150 Å². The zero-order valence-electron chi connectivity index (χ0n) is 12.9. The van der Waals surface area contributed by atoms with Crippen LogP contribution in [0.2, 0.25) is 10.0 Å². The van der Waals surface area contributed by atoms with E-state index < -0.39 is 0 Å². The summed E-state index contributed by atoms with van der Waals surface area (Å²) in [5.41, 5.74) is 2.56. The van der Waals surface area contributed by atoms with Crippen molar-refractivity contribution in [2.45, 2.75) is 13.5 Å². The molecule has 0 aliphatic heterocycles. The minimum atomic E-state index is 0.439. The fraction of sp³-hybridized carbons (Fsp3) is 0.118. The van der Waals surface area contributed by atoms with Crippen molar-refractivity contribution >= 4 is 40.7 Å². The van der Waals surface area contributed by atoms with Gasteiger partial charge in [-0.3, -0.25) is 4.98 Å². The molecule has 3 aromatic rings. The third kappa shape index (κ3) is 4.13. The number of anilines is 3. The second-order valence-corrected chi connectivity index (χ2v) is 5.94. The van der Waals surface area contributed by atoms with E-state index in [0.717, 1.165) is 11.3 Å². The molecule has 2 N–H and O–H groups in total. The van der Waals surface area contributed by atoms with Crippen molar-refractivity contribution in [3.63, 3.8) is 0 Å². The Morgan fingerprint density at radius 2 is 1.96 bits per heavy atom. The summed E-state index contributed by atoms with van der Waals surface area (Å²) in [5, 5.41) is 7.28. The highest BCUT2D eigenvalue weighted by Gasteiger charge is 2.08. The number of aryl methyl sites for hydroxylation is 1. The summed E-state index contributed by atoms with van der Waals surface area (Å²) in [7, 11) is 0. The molecule has 0 bridgehead atoms. The highest BCUT2D eigenvalue weighted by Crippen LogP contribution is 2.31. The average molecular weight is 360 g/mol. The van der Waals surface area contributed by atoms with Crippen LogP contribution in [0.4, 0.5) is 17.5 Å². The largest absolute Gasteiger partial charge is 0.366 e. The van der Waals surface area contributed by atoms with Crippen molar-refractivity contribution in [1.29, 1.82) is 0 Å². The lowest BCUT2D eigenvalue weighted by atomic mass is 10.3. The number of nitrogens with one attached hydrogen (secondary N) is 2. The van der Waals surface area contributed by atoms with Gasteiger partial charge in [-0.25, -0.2) is 4.98 Å². The summed E-state index contributed by atoms with van der Waals surface area (Å²) in [4.78, 5) is 12.9. The molecule has 2 heterocycles. The monoisotopic (exact) mass is 359 g/mol. The number of benzene rings is 1. The molecule has 0 radical (unpaired) electrons. The fourth-order valence-electron chi connectivity index (χ4n) is 2.13. The average Bonchev–Trinajstić information content (AvgIpc) is 2.58. The molecular formula is C17H15Cl2N5. The molecule has 0 spiro atoms. The van der Waals surface area contributed by atoms with E-state index in [4.69, 9.17) is 23.2 Å². The summed E-state index contributed by atoms with van der Waals surface area (Å²) >= 11 is 12.2. The van der Waals surface area contributed by atoms with Crippen LogP contribution in [-0.2, 0) is 6.54 Å². The number of aromatic nitrogens is 3. The van der Waals surface area contributed by atoms with E-state index in [1.165, 1.54) is 0 Å². The van der Waals surface area contributed by atoms with Gasteiger partial charge in [0.05, 0.1) is 15.7 Å². The molecule has 0 atom stereocenters. The maximum atomic E-state index is 6.19. The smallest absolute Gasteiger partial charge is 0.229 e. The summed E-state index contributed by atoms with van der Waals surface area (Å²) in [5.74, 6) is 1.17. The molecule has 0 aliphatic rings. The fourth-order valence-corrected chi connectivity index (χ4v) is 2.48. The Morgan fingerprint density at radius 1 is 1.08 bits per heavy atom. The third-order valence-corrected chi connectivity index (χ3v) is 4.07. The predicted octanol–water partition coefficient (Wildman–Crippen LogP) is 4.84. The normalized spacial score (nSPS) is 10.5.